The van der Waals surface area contributed by atoms with E-state index in [0.717, 1.165) is 17.1 Å². The minimum atomic E-state index is -0.897. The molecule has 0 bridgehead atoms. The first-order chi connectivity index (χ1) is 17.6. The highest BCUT2D eigenvalue weighted by atomic mass is 16.5. The SMILES string of the molecule is Cc1ccc(N(c2ccc(OCC(O)CO)cc2)c2ccc3ccc4cccc5ccc2c3c45)cc1. The van der Waals surface area contributed by atoms with Gasteiger partial charge in [-0.2, -0.15) is 0 Å². The van der Waals surface area contributed by atoms with Gasteiger partial charge in [-0.25, -0.2) is 0 Å². The van der Waals surface area contributed by atoms with Crippen LogP contribution in [0, 0.1) is 6.92 Å². The van der Waals surface area contributed by atoms with Crippen molar-refractivity contribution in [2.24, 2.45) is 0 Å². The van der Waals surface area contributed by atoms with Crippen molar-refractivity contribution in [1.82, 2.24) is 0 Å². The number of aliphatic hydroxyl groups is 2. The second kappa shape index (κ2) is 9.15. The van der Waals surface area contributed by atoms with Crippen LogP contribution in [0.1, 0.15) is 5.56 Å². The van der Waals surface area contributed by atoms with Gasteiger partial charge in [0.25, 0.3) is 0 Å². The maximum Gasteiger partial charge on any atom is 0.119 e. The lowest BCUT2D eigenvalue weighted by molar-refractivity contribution is 0.0536. The van der Waals surface area contributed by atoms with Crippen molar-refractivity contribution in [1.29, 1.82) is 0 Å². The zero-order chi connectivity index (χ0) is 24.6. The van der Waals surface area contributed by atoms with Gasteiger partial charge in [-0.1, -0.05) is 66.2 Å². The summed E-state index contributed by atoms with van der Waals surface area (Å²) in [7, 11) is 0. The molecule has 4 nitrogen and oxygen atoms in total. The van der Waals surface area contributed by atoms with Gasteiger partial charge >= 0.3 is 0 Å². The molecule has 0 saturated heterocycles. The minimum Gasteiger partial charge on any atom is -0.491 e. The number of ether oxygens (including phenoxy) is 1. The lowest BCUT2D eigenvalue weighted by Gasteiger charge is -2.28. The third-order valence-corrected chi connectivity index (χ3v) is 6.79. The van der Waals surface area contributed by atoms with Gasteiger partial charge in [-0.05, 0) is 76.3 Å². The molecule has 36 heavy (non-hydrogen) atoms. The summed E-state index contributed by atoms with van der Waals surface area (Å²) in [4.78, 5) is 2.28. The van der Waals surface area contributed by atoms with Crippen LogP contribution >= 0.6 is 0 Å². The van der Waals surface area contributed by atoms with Crippen LogP contribution in [0.3, 0.4) is 0 Å². The number of hydrogen-bond acceptors (Lipinski definition) is 4. The van der Waals surface area contributed by atoms with Crippen LogP contribution in [0.5, 0.6) is 5.75 Å². The van der Waals surface area contributed by atoms with Gasteiger partial charge in [0, 0.05) is 16.8 Å². The first kappa shape index (κ1) is 22.4. The van der Waals surface area contributed by atoms with Crippen molar-refractivity contribution in [2.75, 3.05) is 18.1 Å². The van der Waals surface area contributed by atoms with Gasteiger partial charge in [0.15, 0.2) is 0 Å². The molecule has 1 atom stereocenters. The summed E-state index contributed by atoms with van der Waals surface area (Å²) in [6.07, 6.45) is -0.897. The highest BCUT2D eigenvalue weighted by Crippen LogP contribution is 2.43. The fraction of sp³-hybridized carbons (Fsp3) is 0.125. The Labute approximate surface area is 209 Å². The van der Waals surface area contributed by atoms with Gasteiger partial charge < -0.3 is 19.8 Å². The third-order valence-electron chi connectivity index (χ3n) is 6.79. The lowest BCUT2D eigenvalue weighted by atomic mass is 9.93. The number of nitrogens with zero attached hydrogens (tertiary/aromatic N) is 1. The van der Waals surface area contributed by atoms with Crippen molar-refractivity contribution in [3.05, 3.63) is 109 Å². The van der Waals surface area contributed by atoms with Crippen molar-refractivity contribution in [3.8, 4) is 5.75 Å². The second-order valence-electron chi connectivity index (χ2n) is 9.25. The lowest BCUT2D eigenvalue weighted by Crippen LogP contribution is -2.21. The van der Waals surface area contributed by atoms with Crippen LogP contribution in [0.25, 0.3) is 32.3 Å². The topological polar surface area (TPSA) is 52.9 Å². The maximum atomic E-state index is 9.62. The molecule has 2 N–H and O–H groups in total. The normalized spacial score (nSPS) is 12.4. The van der Waals surface area contributed by atoms with Crippen LogP contribution in [-0.2, 0) is 0 Å². The van der Waals surface area contributed by atoms with E-state index in [1.54, 1.807) is 0 Å². The predicted octanol–water partition coefficient (Wildman–Crippen LogP) is 7.09. The Morgan fingerprint density at radius 1 is 0.694 bits per heavy atom. The van der Waals surface area contributed by atoms with E-state index in [-0.39, 0.29) is 13.2 Å². The average molecular weight is 474 g/mol. The van der Waals surface area contributed by atoms with Gasteiger partial charge in [-0.15, -0.1) is 0 Å². The molecule has 0 heterocycles. The van der Waals surface area contributed by atoms with E-state index in [0.29, 0.717) is 5.75 Å². The summed E-state index contributed by atoms with van der Waals surface area (Å²) in [6, 6.07) is 36.1. The van der Waals surface area contributed by atoms with Crippen LogP contribution in [0.15, 0.2) is 103 Å². The third kappa shape index (κ3) is 3.91. The highest BCUT2D eigenvalue weighted by molar-refractivity contribution is 6.25. The molecule has 0 aliphatic heterocycles. The minimum absolute atomic E-state index is 0.0482. The molecule has 0 aromatic heterocycles. The first-order valence-electron chi connectivity index (χ1n) is 12.2. The second-order valence-corrected chi connectivity index (χ2v) is 9.25. The molecule has 6 rings (SSSR count). The van der Waals surface area contributed by atoms with Crippen LogP contribution in [0.2, 0.25) is 0 Å². The van der Waals surface area contributed by atoms with Gasteiger partial charge in [0.2, 0.25) is 0 Å². The van der Waals surface area contributed by atoms with Gasteiger partial charge in [0.05, 0.1) is 12.3 Å². The highest BCUT2D eigenvalue weighted by Gasteiger charge is 2.18. The van der Waals surface area contributed by atoms with Crippen LogP contribution in [-0.4, -0.2) is 29.5 Å². The Kier molecular flexibility index (Phi) is 5.68. The zero-order valence-corrected chi connectivity index (χ0v) is 20.1. The molecule has 0 saturated carbocycles. The van der Waals surface area contributed by atoms with Crippen molar-refractivity contribution in [2.45, 2.75) is 13.0 Å². The number of anilines is 3. The van der Waals surface area contributed by atoms with Crippen LogP contribution < -0.4 is 9.64 Å². The number of aliphatic hydroxyl groups excluding tert-OH is 2. The molecule has 0 aliphatic carbocycles. The van der Waals surface area contributed by atoms with E-state index in [1.807, 2.05) is 24.3 Å². The summed E-state index contributed by atoms with van der Waals surface area (Å²) in [5.74, 6) is 0.644. The van der Waals surface area contributed by atoms with E-state index in [2.05, 4.69) is 90.7 Å². The molecule has 6 aromatic carbocycles. The molecule has 4 heteroatoms. The Bertz CT molecular complexity index is 1630. The molecule has 6 aromatic rings. The van der Waals surface area contributed by atoms with E-state index in [9.17, 15) is 5.11 Å². The Morgan fingerprint density at radius 2 is 1.28 bits per heavy atom. The number of rotatable bonds is 7. The first-order valence-corrected chi connectivity index (χ1v) is 12.2. The molecule has 0 amide bonds. The monoisotopic (exact) mass is 473 g/mol. The quantitative estimate of drug-likeness (QED) is 0.243. The van der Waals surface area contributed by atoms with Gasteiger partial charge in [0.1, 0.15) is 18.5 Å². The Balaban J connectivity index is 1.52. The summed E-state index contributed by atoms with van der Waals surface area (Å²) in [6.45, 7) is 1.82. The zero-order valence-electron chi connectivity index (χ0n) is 20.1. The molecular weight excluding hydrogens is 446 g/mol. The summed E-state index contributed by atoms with van der Waals surface area (Å²) >= 11 is 0. The Morgan fingerprint density at radius 3 is 1.94 bits per heavy atom. The van der Waals surface area contributed by atoms with Crippen molar-refractivity contribution < 1.29 is 14.9 Å². The Hall–Kier alpha value is -4.12. The largest absolute Gasteiger partial charge is 0.491 e. The van der Waals surface area contributed by atoms with Gasteiger partial charge in [-0.3, -0.25) is 0 Å². The molecule has 0 spiro atoms. The molecule has 0 radical (unpaired) electrons. The molecule has 0 fully saturated rings. The number of hydrogen-bond donors (Lipinski definition) is 2. The van der Waals surface area contributed by atoms with E-state index in [4.69, 9.17) is 9.84 Å². The van der Waals surface area contributed by atoms with Crippen molar-refractivity contribution in [3.63, 3.8) is 0 Å². The van der Waals surface area contributed by atoms with E-state index < -0.39 is 6.10 Å². The fourth-order valence-electron chi connectivity index (χ4n) is 4.97. The molecular formula is C32H27NO3. The molecule has 178 valence electrons. The summed E-state index contributed by atoms with van der Waals surface area (Å²) in [5, 5.41) is 26.2. The summed E-state index contributed by atoms with van der Waals surface area (Å²) < 4.78 is 5.64. The predicted molar refractivity (Wildman–Crippen MR) is 148 cm³/mol. The molecule has 1 unspecified atom stereocenters. The smallest absolute Gasteiger partial charge is 0.119 e. The van der Waals surface area contributed by atoms with E-state index >= 15 is 0 Å². The molecule has 0 aliphatic rings. The fourth-order valence-corrected chi connectivity index (χ4v) is 4.97. The average Bonchev–Trinajstić information content (AvgIpc) is 2.93. The van der Waals surface area contributed by atoms with Crippen molar-refractivity contribution >= 4 is 49.4 Å². The number of benzene rings is 6. The number of aryl methyl sites for hydroxylation is 1. The van der Waals surface area contributed by atoms with Crippen LogP contribution in [0.4, 0.5) is 17.1 Å². The van der Waals surface area contributed by atoms with E-state index in [1.165, 1.54) is 37.9 Å². The summed E-state index contributed by atoms with van der Waals surface area (Å²) in [5.41, 5.74) is 4.39. The maximum absolute atomic E-state index is 9.62. The standard InChI is InChI=1S/C32H27NO3/c1-21-5-11-25(12-6-21)33(26-13-15-28(16-14-26)36-20-27(35)19-34)30-18-10-24-8-7-22-3-2-4-23-9-17-29(30)32(24)31(22)23/h2-18,27,34-35H,19-20H2,1H3.